The van der Waals surface area contributed by atoms with Gasteiger partial charge in [0.05, 0.1) is 0 Å². The lowest BCUT2D eigenvalue weighted by atomic mass is 9.85. The van der Waals surface area contributed by atoms with Gasteiger partial charge in [0.1, 0.15) is 0 Å². The topological polar surface area (TPSA) is 32.3 Å². The maximum atomic E-state index is 9.32. The lowest BCUT2D eigenvalue weighted by molar-refractivity contribution is 0.152. The molecule has 1 aromatic carbocycles. The van der Waals surface area contributed by atoms with Crippen molar-refractivity contribution in [2.75, 3.05) is 6.61 Å². The first-order chi connectivity index (χ1) is 7.90. The molecule has 0 radical (unpaired) electrons. The van der Waals surface area contributed by atoms with Gasteiger partial charge in [0.2, 0.25) is 0 Å². The first kappa shape index (κ1) is 11.6. The number of aliphatic hydroxyl groups excluding tert-OH is 1. The van der Waals surface area contributed by atoms with Gasteiger partial charge in [0.15, 0.2) is 0 Å². The standard InChI is InChI=1S/C14H21NO/c16-11-13-8-4-5-9-14(13)15-10-12-6-2-1-3-7-12/h1-3,6-7,13-16H,4-5,8-11H2/t13-,14+/m1/s1. The van der Waals surface area contributed by atoms with E-state index in [2.05, 4.69) is 29.6 Å². The largest absolute Gasteiger partial charge is 0.396 e. The van der Waals surface area contributed by atoms with E-state index < -0.39 is 0 Å². The summed E-state index contributed by atoms with van der Waals surface area (Å²) < 4.78 is 0. The summed E-state index contributed by atoms with van der Waals surface area (Å²) in [7, 11) is 0. The molecule has 0 unspecified atom stereocenters. The van der Waals surface area contributed by atoms with Crippen LogP contribution in [0, 0.1) is 5.92 Å². The van der Waals surface area contributed by atoms with Crippen molar-refractivity contribution >= 4 is 0 Å². The van der Waals surface area contributed by atoms with E-state index in [0.29, 0.717) is 18.6 Å². The summed E-state index contributed by atoms with van der Waals surface area (Å²) in [4.78, 5) is 0. The summed E-state index contributed by atoms with van der Waals surface area (Å²) in [5.74, 6) is 0.456. The van der Waals surface area contributed by atoms with E-state index >= 15 is 0 Å². The molecule has 2 nitrogen and oxygen atoms in total. The van der Waals surface area contributed by atoms with E-state index in [-0.39, 0.29) is 0 Å². The van der Waals surface area contributed by atoms with Gasteiger partial charge in [-0.1, -0.05) is 43.2 Å². The molecule has 1 aliphatic carbocycles. The Morgan fingerprint density at radius 2 is 1.88 bits per heavy atom. The van der Waals surface area contributed by atoms with E-state index in [1.165, 1.54) is 31.2 Å². The minimum Gasteiger partial charge on any atom is -0.396 e. The van der Waals surface area contributed by atoms with Crippen LogP contribution in [0.25, 0.3) is 0 Å². The summed E-state index contributed by atoms with van der Waals surface area (Å²) in [5, 5.41) is 12.9. The highest BCUT2D eigenvalue weighted by atomic mass is 16.3. The molecule has 16 heavy (non-hydrogen) atoms. The Labute approximate surface area is 97.7 Å². The Kier molecular flexibility index (Phi) is 4.37. The highest BCUT2D eigenvalue weighted by Crippen LogP contribution is 2.24. The van der Waals surface area contributed by atoms with E-state index in [1.807, 2.05) is 6.07 Å². The third kappa shape index (κ3) is 3.06. The molecule has 0 heterocycles. The van der Waals surface area contributed by atoms with Gasteiger partial charge in [0.25, 0.3) is 0 Å². The maximum Gasteiger partial charge on any atom is 0.0474 e. The van der Waals surface area contributed by atoms with Crippen molar-refractivity contribution in [3.63, 3.8) is 0 Å². The van der Waals surface area contributed by atoms with Crippen molar-refractivity contribution in [3.8, 4) is 0 Å². The molecule has 0 aromatic heterocycles. The molecule has 1 saturated carbocycles. The molecule has 1 aromatic rings. The third-order valence-corrected chi connectivity index (χ3v) is 3.55. The summed E-state index contributed by atoms with van der Waals surface area (Å²) >= 11 is 0. The second-order valence-corrected chi connectivity index (χ2v) is 4.70. The zero-order valence-corrected chi connectivity index (χ0v) is 9.73. The van der Waals surface area contributed by atoms with Gasteiger partial charge in [-0.05, 0) is 24.3 Å². The molecule has 1 aliphatic rings. The monoisotopic (exact) mass is 219 g/mol. The molecule has 2 N–H and O–H groups in total. The lowest BCUT2D eigenvalue weighted by Crippen LogP contribution is -2.39. The van der Waals surface area contributed by atoms with E-state index in [1.54, 1.807) is 0 Å². The number of hydrogen-bond acceptors (Lipinski definition) is 2. The Balaban J connectivity index is 1.84. The van der Waals surface area contributed by atoms with Crippen LogP contribution >= 0.6 is 0 Å². The van der Waals surface area contributed by atoms with Crippen LogP contribution in [-0.2, 0) is 6.54 Å². The second kappa shape index (κ2) is 6.02. The second-order valence-electron chi connectivity index (χ2n) is 4.70. The van der Waals surface area contributed by atoms with Gasteiger partial charge >= 0.3 is 0 Å². The van der Waals surface area contributed by atoms with E-state index in [9.17, 15) is 5.11 Å². The molecular weight excluding hydrogens is 198 g/mol. The van der Waals surface area contributed by atoms with Crippen molar-refractivity contribution in [2.45, 2.75) is 38.3 Å². The minimum atomic E-state index is 0.326. The Hall–Kier alpha value is -0.860. The van der Waals surface area contributed by atoms with Crippen molar-refractivity contribution in [1.29, 1.82) is 0 Å². The predicted octanol–water partition coefficient (Wildman–Crippen LogP) is 2.33. The molecular formula is C14H21NO. The van der Waals surface area contributed by atoms with Crippen LogP contribution in [-0.4, -0.2) is 17.8 Å². The van der Waals surface area contributed by atoms with Crippen LogP contribution in [0.5, 0.6) is 0 Å². The smallest absolute Gasteiger partial charge is 0.0474 e. The van der Waals surface area contributed by atoms with Gasteiger partial charge in [-0.2, -0.15) is 0 Å². The quantitative estimate of drug-likeness (QED) is 0.814. The number of hydrogen-bond donors (Lipinski definition) is 2. The molecule has 88 valence electrons. The first-order valence-electron chi connectivity index (χ1n) is 6.28. The minimum absolute atomic E-state index is 0.326. The van der Waals surface area contributed by atoms with Crippen LogP contribution in [0.15, 0.2) is 30.3 Å². The molecule has 1 fully saturated rings. The van der Waals surface area contributed by atoms with Gasteiger partial charge < -0.3 is 10.4 Å². The molecule has 2 rings (SSSR count). The van der Waals surface area contributed by atoms with Gasteiger partial charge in [-0.3, -0.25) is 0 Å². The van der Waals surface area contributed by atoms with Crippen LogP contribution < -0.4 is 5.32 Å². The number of benzene rings is 1. The average molecular weight is 219 g/mol. The van der Waals surface area contributed by atoms with E-state index in [4.69, 9.17) is 0 Å². The number of nitrogens with one attached hydrogen (secondary N) is 1. The van der Waals surface area contributed by atoms with Gasteiger partial charge in [-0.15, -0.1) is 0 Å². The van der Waals surface area contributed by atoms with Crippen LogP contribution in [0.1, 0.15) is 31.2 Å². The van der Waals surface area contributed by atoms with Crippen LogP contribution in [0.3, 0.4) is 0 Å². The van der Waals surface area contributed by atoms with E-state index in [0.717, 1.165) is 6.54 Å². The van der Waals surface area contributed by atoms with Crippen molar-refractivity contribution in [2.24, 2.45) is 5.92 Å². The molecule has 2 atom stereocenters. The highest BCUT2D eigenvalue weighted by molar-refractivity contribution is 5.14. The number of rotatable bonds is 4. The van der Waals surface area contributed by atoms with Crippen molar-refractivity contribution in [1.82, 2.24) is 5.32 Å². The van der Waals surface area contributed by atoms with Crippen molar-refractivity contribution in [3.05, 3.63) is 35.9 Å². The van der Waals surface area contributed by atoms with Gasteiger partial charge in [0, 0.05) is 19.2 Å². The predicted molar refractivity (Wildman–Crippen MR) is 66.1 cm³/mol. The summed E-state index contributed by atoms with van der Waals surface area (Å²) in [5.41, 5.74) is 1.32. The van der Waals surface area contributed by atoms with Crippen LogP contribution in [0.2, 0.25) is 0 Å². The number of aliphatic hydroxyl groups is 1. The summed E-state index contributed by atoms with van der Waals surface area (Å²) in [6.45, 7) is 1.24. The SMILES string of the molecule is OC[C@H]1CCCC[C@@H]1NCc1ccccc1. The Bertz CT molecular complexity index is 299. The molecule has 0 bridgehead atoms. The molecule has 0 spiro atoms. The van der Waals surface area contributed by atoms with Gasteiger partial charge in [-0.25, -0.2) is 0 Å². The fourth-order valence-electron chi connectivity index (χ4n) is 2.54. The summed E-state index contributed by atoms with van der Waals surface area (Å²) in [6.07, 6.45) is 4.94. The zero-order valence-electron chi connectivity index (χ0n) is 9.73. The zero-order chi connectivity index (χ0) is 11.2. The Morgan fingerprint density at radius 3 is 2.62 bits per heavy atom. The molecule has 0 aliphatic heterocycles. The normalized spacial score (nSPS) is 25.6. The van der Waals surface area contributed by atoms with Crippen molar-refractivity contribution < 1.29 is 5.11 Å². The summed E-state index contributed by atoms with van der Waals surface area (Å²) in [6, 6.07) is 11.0. The third-order valence-electron chi connectivity index (χ3n) is 3.55. The molecule has 0 saturated heterocycles. The van der Waals surface area contributed by atoms with Crippen LogP contribution in [0.4, 0.5) is 0 Å². The maximum absolute atomic E-state index is 9.32. The Morgan fingerprint density at radius 1 is 1.12 bits per heavy atom. The fraction of sp³-hybridized carbons (Fsp3) is 0.571. The fourth-order valence-corrected chi connectivity index (χ4v) is 2.54. The average Bonchev–Trinajstić information content (AvgIpc) is 2.38. The molecule has 0 amide bonds. The highest BCUT2D eigenvalue weighted by Gasteiger charge is 2.23. The molecule has 2 heteroatoms. The first-order valence-corrected chi connectivity index (χ1v) is 6.28. The lowest BCUT2D eigenvalue weighted by Gasteiger charge is -2.31.